The summed E-state index contributed by atoms with van der Waals surface area (Å²) in [6.45, 7) is 4.37. The number of hydrogen-bond donors (Lipinski definition) is 2. The Morgan fingerprint density at radius 2 is 1.33 bits per heavy atom. The van der Waals surface area contributed by atoms with Gasteiger partial charge >= 0.3 is 0 Å². The third-order valence-corrected chi connectivity index (χ3v) is 8.58. The lowest BCUT2D eigenvalue weighted by Crippen LogP contribution is -2.16. The maximum Gasteiger partial charge on any atom is 0.197 e. The molecular formula is C38H30O4. The number of hydrogen-bond acceptors (Lipinski definition) is 4. The molecule has 0 amide bonds. The summed E-state index contributed by atoms with van der Waals surface area (Å²) in [5, 5.41) is 25.9. The van der Waals surface area contributed by atoms with Crippen molar-refractivity contribution in [3.63, 3.8) is 0 Å². The lowest BCUT2D eigenvalue weighted by molar-refractivity contribution is 0.101. The Morgan fingerprint density at radius 1 is 0.738 bits per heavy atom. The Labute approximate surface area is 244 Å². The SMILES string of the molecule is CC1(C)CC(/C=C/C2=C(O)c3cc4ccccc4cc3C2=O)=CC(=C/C=C2\C(=O)c3cc4ccccc4cc3C2O)/C1. The van der Waals surface area contributed by atoms with Crippen molar-refractivity contribution in [2.45, 2.75) is 32.8 Å². The highest BCUT2D eigenvalue weighted by Gasteiger charge is 2.34. The minimum absolute atomic E-state index is 0.00846. The third kappa shape index (κ3) is 4.36. The summed E-state index contributed by atoms with van der Waals surface area (Å²) >= 11 is 0. The highest BCUT2D eigenvalue weighted by Crippen LogP contribution is 2.41. The minimum atomic E-state index is -0.963. The smallest absolute Gasteiger partial charge is 0.197 e. The Hall–Kier alpha value is -4.80. The predicted molar refractivity (Wildman–Crippen MR) is 167 cm³/mol. The zero-order valence-corrected chi connectivity index (χ0v) is 23.5. The van der Waals surface area contributed by atoms with Crippen LogP contribution in [0.5, 0.6) is 0 Å². The molecule has 4 aromatic rings. The fourth-order valence-electron chi connectivity index (χ4n) is 6.58. The van der Waals surface area contributed by atoms with Gasteiger partial charge in [-0.25, -0.2) is 0 Å². The molecule has 1 atom stereocenters. The molecule has 7 rings (SSSR count). The van der Waals surface area contributed by atoms with Crippen molar-refractivity contribution in [3.8, 4) is 0 Å². The van der Waals surface area contributed by atoms with Crippen LogP contribution in [-0.2, 0) is 0 Å². The Balaban J connectivity index is 1.19. The molecule has 0 aliphatic heterocycles. The summed E-state index contributed by atoms with van der Waals surface area (Å²) in [6, 6.07) is 23.1. The van der Waals surface area contributed by atoms with Gasteiger partial charge in [0, 0.05) is 22.3 Å². The Kier molecular flexibility index (Phi) is 6.00. The number of benzene rings is 4. The van der Waals surface area contributed by atoms with E-state index in [1.54, 1.807) is 12.2 Å². The summed E-state index contributed by atoms with van der Waals surface area (Å²) in [6.07, 6.45) is 10.0. The van der Waals surface area contributed by atoms with E-state index < -0.39 is 6.10 Å². The van der Waals surface area contributed by atoms with E-state index in [-0.39, 0.29) is 22.7 Å². The first-order chi connectivity index (χ1) is 20.2. The summed E-state index contributed by atoms with van der Waals surface area (Å²) in [4.78, 5) is 26.5. The molecule has 3 aliphatic rings. The first kappa shape index (κ1) is 26.1. The number of aliphatic hydroxyl groups excluding tert-OH is 2. The lowest BCUT2D eigenvalue weighted by atomic mass is 9.75. The molecule has 42 heavy (non-hydrogen) atoms. The molecule has 0 fully saturated rings. The minimum Gasteiger partial charge on any atom is -0.507 e. The quantitative estimate of drug-likeness (QED) is 0.251. The molecule has 4 heteroatoms. The number of fused-ring (bicyclic) bond motifs is 4. The van der Waals surface area contributed by atoms with Crippen molar-refractivity contribution < 1.29 is 19.8 Å². The molecule has 0 heterocycles. The molecule has 4 nitrogen and oxygen atoms in total. The summed E-state index contributed by atoms with van der Waals surface area (Å²) in [5.41, 5.74) is 4.96. The number of rotatable bonds is 3. The van der Waals surface area contributed by atoms with Gasteiger partial charge in [0.25, 0.3) is 0 Å². The second-order valence-electron chi connectivity index (χ2n) is 12.3. The van der Waals surface area contributed by atoms with Crippen LogP contribution in [0.4, 0.5) is 0 Å². The van der Waals surface area contributed by atoms with Gasteiger partial charge in [0.15, 0.2) is 11.6 Å². The van der Waals surface area contributed by atoms with Crippen molar-refractivity contribution in [1.29, 1.82) is 0 Å². The number of carbonyl (C=O) groups excluding carboxylic acids is 2. The molecule has 0 radical (unpaired) electrons. The van der Waals surface area contributed by atoms with Crippen LogP contribution in [0.3, 0.4) is 0 Å². The van der Waals surface area contributed by atoms with E-state index in [1.807, 2.05) is 84.9 Å². The topological polar surface area (TPSA) is 74.6 Å². The Bertz CT molecular complexity index is 2010. The van der Waals surface area contributed by atoms with E-state index >= 15 is 0 Å². The number of Topliss-reactive ketones (excluding diaryl/α,β-unsaturated/α-hetero) is 2. The van der Waals surface area contributed by atoms with Crippen LogP contribution >= 0.6 is 0 Å². The monoisotopic (exact) mass is 550 g/mol. The van der Waals surface area contributed by atoms with E-state index in [1.165, 1.54) is 0 Å². The van der Waals surface area contributed by atoms with E-state index in [4.69, 9.17) is 0 Å². The zero-order chi connectivity index (χ0) is 29.2. The van der Waals surface area contributed by atoms with Gasteiger partial charge < -0.3 is 10.2 Å². The van der Waals surface area contributed by atoms with Gasteiger partial charge in [-0.15, -0.1) is 0 Å². The average Bonchev–Trinajstić information content (AvgIpc) is 3.34. The van der Waals surface area contributed by atoms with Crippen LogP contribution < -0.4 is 0 Å². The van der Waals surface area contributed by atoms with E-state index in [2.05, 4.69) is 19.9 Å². The zero-order valence-electron chi connectivity index (χ0n) is 23.5. The van der Waals surface area contributed by atoms with Gasteiger partial charge in [-0.3, -0.25) is 9.59 Å². The van der Waals surface area contributed by atoms with Crippen LogP contribution in [0.2, 0.25) is 0 Å². The summed E-state index contributed by atoms with van der Waals surface area (Å²) in [5.74, 6) is -0.315. The van der Waals surface area contributed by atoms with E-state index in [9.17, 15) is 19.8 Å². The van der Waals surface area contributed by atoms with Crippen molar-refractivity contribution in [1.82, 2.24) is 0 Å². The van der Waals surface area contributed by atoms with Crippen LogP contribution in [0, 0.1) is 5.41 Å². The summed E-state index contributed by atoms with van der Waals surface area (Å²) in [7, 11) is 0. The fourth-order valence-corrected chi connectivity index (χ4v) is 6.58. The van der Waals surface area contributed by atoms with E-state index in [0.717, 1.165) is 45.5 Å². The number of aliphatic hydroxyl groups is 2. The molecule has 4 aromatic carbocycles. The second-order valence-corrected chi connectivity index (χ2v) is 12.3. The van der Waals surface area contributed by atoms with Crippen LogP contribution in [0.1, 0.15) is 64.6 Å². The normalized spacial score (nSPS) is 21.7. The van der Waals surface area contributed by atoms with Gasteiger partial charge in [-0.1, -0.05) is 86.7 Å². The number of ketones is 2. The molecule has 0 saturated heterocycles. The maximum absolute atomic E-state index is 13.3. The van der Waals surface area contributed by atoms with Gasteiger partial charge in [-0.05, 0) is 86.9 Å². The van der Waals surface area contributed by atoms with Crippen molar-refractivity contribution >= 4 is 38.9 Å². The largest absolute Gasteiger partial charge is 0.507 e. The first-order valence-corrected chi connectivity index (χ1v) is 14.2. The molecule has 0 saturated carbocycles. The van der Waals surface area contributed by atoms with Gasteiger partial charge in [0.1, 0.15) is 11.9 Å². The fraction of sp³-hybridized carbons (Fsp3) is 0.158. The lowest BCUT2D eigenvalue weighted by Gasteiger charge is -2.30. The molecule has 3 aliphatic carbocycles. The van der Waals surface area contributed by atoms with Crippen LogP contribution in [0.25, 0.3) is 27.3 Å². The van der Waals surface area contributed by atoms with Crippen molar-refractivity contribution in [3.05, 3.63) is 148 Å². The van der Waals surface area contributed by atoms with Crippen LogP contribution in [0.15, 0.2) is 125 Å². The van der Waals surface area contributed by atoms with Gasteiger partial charge in [0.05, 0.1) is 5.57 Å². The Morgan fingerprint density at radius 3 is 2.00 bits per heavy atom. The first-order valence-electron chi connectivity index (χ1n) is 14.2. The number of carbonyl (C=O) groups is 2. The molecule has 2 N–H and O–H groups in total. The van der Waals surface area contributed by atoms with E-state index in [0.29, 0.717) is 33.4 Å². The highest BCUT2D eigenvalue weighted by molar-refractivity contribution is 6.22. The molecule has 0 spiro atoms. The summed E-state index contributed by atoms with van der Waals surface area (Å²) < 4.78 is 0. The van der Waals surface area contributed by atoms with Crippen molar-refractivity contribution in [2.24, 2.45) is 5.41 Å². The van der Waals surface area contributed by atoms with Crippen LogP contribution in [-0.4, -0.2) is 21.8 Å². The predicted octanol–water partition coefficient (Wildman–Crippen LogP) is 8.54. The van der Waals surface area contributed by atoms with Gasteiger partial charge in [-0.2, -0.15) is 0 Å². The molecular weight excluding hydrogens is 520 g/mol. The maximum atomic E-state index is 13.3. The van der Waals surface area contributed by atoms with Gasteiger partial charge in [0.2, 0.25) is 0 Å². The second kappa shape index (κ2) is 9.64. The van der Waals surface area contributed by atoms with Crippen molar-refractivity contribution in [2.75, 3.05) is 0 Å². The standard InChI is InChI=1S/C38H30O4/c1-38(2)20-22(11-13-28-34(39)30-16-24-7-3-4-8-25(24)17-31(30)35(28)40)15-23(21-38)12-14-29-36(41)32-18-26-9-5-6-10-27(26)19-33(32)37(29)42/h3-19,34,39,41H,20-21H2,1-2H3/b14-12+,22-11-,28-13-. The average molecular weight is 551 g/mol. The molecule has 206 valence electrons. The third-order valence-electron chi connectivity index (χ3n) is 8.58. The molecule has 0 bridgehead atoms. The number of allylic oxidation sites excluding steroid dienone is 8. The molecule has 1 unspecified atom stereocenters. The molecule has 0 aromatic heterocycles. The highest BCUT2D eigenvalue weighted by atomic mass is 16.3.